The molecule has 0 atom stereocenters. The minimum Gasteiger partial charge on any atom is -0.434 e. The third-order valence-corrected chi connectivity index (χ3v) is 3.06. The molecule has 0 unspecified atom stereocenters. The number of rotatable bonds is 2. The molecule has 2 N–H and O–H groups in total. The first kappa shape index (κ1) is 12.4. The van der Waals surface area contributed by atoms with Gasteiger partial charge in [0.1, 0.15) is 11.6 Å². The van der Waals surface area contributed by atoms with Crippen LogP contribution in [0.3, 0.4) is 0 Å². The lowest BCUT2D eigenvalue weighted by molar-refractivity contribution is 0.460. The fourth-order valence-electron chi connectivity index (χ4n) is 1.48. The molecule has 1 aromatic carbocycles. The minimum absolute atomic E-state index is 0.260. The zero-order chi connectivity index (χ0) is 13.1. The van der Waals surface area contributed by atoms with Gasteiger partial charge in [-0.3, -0.25) is 0 Å². The smallest absolute Gasteiger partial charge is 0.237 e. The molecule has 0 aliphatic carbocycles. The standard InChI is InChI=1S/C13H10BrN3O/c1-8-5-6-17-13(9(8)7-15)18-12-10(14)3-2-4-11(12)16/h2-6H,16H2,1H3. The number of benzene rings is 1. The monoisotopic (exact) mass is 303 g/mol. The third-order valence-electron chi connectivity index (χ3n) is 2.43. The van der Waals surface area contributed by atoms with Crippen molar-refractivity contribution >= 4 is 21.6 Å². The Bertz CT molecular complexity index is 614. The molecule has 0 saturated carbocycles. The van der Waals surface area contributed by atoms with Crippen molar-refractivity contribution < 1.29 is 4.74 Å². The zero-order valence-corrected chi connectivity index (χ0v) is 11.2. The molecule has 1 aromatic heterocycles. The average molecular weight is 304 g/mol. The molecule has 0 bridgehead atoms. The molecule has 18 heavy (non-hydrogen) atoms. The number of nitrogen functional groups attached to an aromatic ring is 1. The highest BCUT2D eigenvalue weighted by atomic mass is 79.9. The molecular weight excluding hydrogens is 294 g/mol. The summed E-state index contributed by atoms with van der Waals surface area (Å²) in [4.78, 5) is 4.07. The summed E-state index contributed by atoms with van der Waals surface area (Å²) < 4.78 is 6.35. The van der Waals surface area contributed by atoms with E-state index in [0.29, 0.717) is 17.0 Å². The Labute approximate surface area is 113 Å². The first-order valence-electron chi connectivity index (χ1n) is 5.21. The first-order chi connectivity index (χ1) is 8.63. The van der Waals surface area contributed by atoms with Gasteiger partial charge in [0, 0.05) is 6.20 Å². The topological polar surface area (TPSA) is 71.9 Å². The van der Waals surface area contributed by atoms with Crippen molar-refractivity contribution in [3.05, 3.63) is 46.1 Å². The molecule has 0 amide bonds. The number of nitriles is 1. The van der Waals surface area contributed by atoms with Crippen molar-refractivity contribution in [1.82, 2.24) is 4.98 Å². The maximum Gasteiger partial charge on any atom is 0.237 e. The van der Waals surface area contributed by atoms with Crippen LogP contribution in [-0.4, -0.2) is 4.98 Å². The van der Waals surface area contributed by atoms with Gasteiger partial charge in [0.2, 0.25) is 5.88 Å². The lowest BCUT2D eigenvalue weighted by atomic mass is 10.2. The summed E-state index contributed by atoms with van der Waals surface area (Å²) >= 11 is 3.35. The van der Waals surface area contributed by atoms with Gasteiger partial charge in [-0.1, -0.05) is 6.07 Å². The third kappa shape index (κ3) is 2.29. The van der Waals surface area contributed by atoms with Crippen LogP contribution in [0, 0.1) is 18.3 Å². The van der Waals surface area contributed by atoms with Crippen LogP contribution in [-0.2, 0) is 0 Å². The number of ether oxygens (including phenoxy) is 1. The molecule has 90 valence electrons. The van der Waals surface area contributed by atoms with Crippen molar-refractivity contribution in [3.8, 4) is 17.7 Å². The molecule has 0 aliphatic heterocycles. The second-order valence-electron chi connectivity index (χ2n) is 3.68. The SMILES string of the molecule is Cc1ccnc(Oc2c(N)cccc2Br)c1C#N. The summed E-state index contributed by atoms with van der Waals surface area (Å²) in [5.74, 6) is 0.725. The maximum absolute atomic E-state index is 9.10. The van der Waals surface area contributed by atoms with Crippen molar-refractivity contribution in [2.45, 2.75) is 6.92 Å². The normalized spacial score (nSPS) is 9.83. The second kappa shape index (κ2) is 5.07. The van der Waals surface area contributed by atoms with Gasteiger partial charge in [0.15, 0.2) is 5.75 Å². The van der Waals surface area contributed by atoms with E-state index in [1.54, 1.807) is 24.4 Å². The molecule has 4 nitrogen and oxygen atoms in total. The Morgan fingerprint density at radius 2 is 2.17 bits per heavy atom. The Morgan fingerprint density at radius 3 is 2.83 bits per heavy atom. The molecule has 5 heteroatoms. The Morgan fingerprint density at radius 1 is 1.39 bits per heavy atom. The zero-order valence-electron chi connectivity index (χ0n) is 9.64. The molecule has 0 saturated heterocycles. The minimum atomic E-state index is 0.260. The van der Waals surface area contributed by atoms with E-state index in [2.05, 4.69) is 27.0 Å². The van der Waals surface area contributed by atoms with E-state index in [4.69, 9.17) is 15.7 Å². The molecule has 0 aliphatic rings. The van der Waals surface area contributed by atoms with E-state index < -0.39 is 0 Å². The number of para-hydroxylation sites is 1. The van der Waals surface area contributed by atoms with Gasteiger partial charge in [-0.15, -0.1) is 0 Å². The van der Waals surface area contributed by atoms with Crippen LogP contribution in [0.4, 0.5) is 5.69 Å². The van der Waals surface area contributed by atoms with Crippen LogP contribution in [0.2, 0.25) is 0 Å². The van der Waals surface area contributed by atoms with E-state index in [-0.39, 0.29) is 5.88 Å². The molecule has 2 aromatic rings. The maximum atomic E-state index is 9.10. The van der Waals surface area contributed by atoms with Crippen LogP contribution in [0.1, 0.15) is 11.1 Å². The number of nitrogens with two attached hydrogens (primary N) is 1. The highest BCUT2D eigenvalue weighted by Gasteiger charge is 2.12. The second-order valence-corrected chi connectivity index (χ2v) is 4.53. The molecule has 2 rings (SSSR count). The van der Waals surface area contributed by atoms with Gasteiger partial charge >= 0.3 is 0 Å². The highest BCUT2D eigenvalue weighted by Crippen LogP contribution is 2.35. The number of hydrogen-bond donors (Lipinski definition) is 1. The van der Waals surface area contributed by atoms with Crippen LogP contribution >= 0.6 is 15.9 Å². The lowest BCUT2D eigenvalue weighted by Gasteiger charge is -2.11. The summed E-state index contributed by atoms with van der Waals surface area (Å²) in [6, 6.07) is 9.18. The van der Waals surface area contributed by atoms with E-state index in [1.165, 1.54) is 0 Å². The predicted molar refractivity (Wildman–Crippen MR) is 72.3 cm³/mol. The van der Waals surface area contributed by atoms with E-state index in [1.807, 2.05) is 13.0 Å². The van der Waals surface area contributed by atoms with E-state index in [9.17, 15) is 0 Å². The number of nitrogens with zero attached hydrogens (tertiary/aromatic N) is 2. The number of aromatic nitrogens is 1. The van der Waals surface area contributed by atoms with E-state index in [0.717, 1.165) is 10.0 Å². The Kier molecular flexibility index (Phi) is 3.49. The molecule has 1 heterocycles. The molecular formula is C13H10BrN3O. The van der Waals surface area contributed by atoms with E-state index >= 15 is 0 Å². The van der Waals surface area contributed by atoms with Gasteiger partial charge in [0.25, 0.3) is 0 Å². The summed E-state index contributed by atoms with van der Waals surface area (Å²) in [6.07, 6.45) is 1.60. The largest absolute Gasteiger partial charge is 0.434 e. The number of pyridine rings is 1. The van der Waals surface area contributed by atoms with Gasteiger partial charge in [-0.25, -0.2) is 4.98 Å². The summed E-state index contributed by atoms with van der Waals surface area (Å²) in [5.41, 5.74) is 7.54. The summed E-state index contributed by atoms with van der Waals surface area (Å²) in [5, 5.41) is 9.10. The van der Waals surface area contributed by atoms with Gasteiger partial charge in [-0.05, 0) is 46.6 Å². The lowest BCUT2D eigenvalue weighted by Crippen LogP contribution is -1.97. The summed E-state index contributed by atoms with van der Waals surface area (Å²) in [6.45, 7) is 1.83. The summed E-state index contributed by atoms with van der Waals surface area (Å²) in [7, 11) is 0. The number of halogens is 1. The van der Waals surface area contributed by atoms with Crippen molar-refractivity contribution in [2.75, 3.05) is 5.73 Å². The Hall–Kier alpha value is -2.06. The van der Waals surface area contributed by atoms with Crippen molar-refractivity contribution in [1.29, 1.82) is 5.26 Å². The van der Waals surface area contributed by atoms with Gasteiger partial charge in [-0.2, -0.15) is 5.26 Å². The molecule has 0 radical (unpaired) electrons. The fraction of sp³-hybridized carbons (Fsp3) is 0.0769. The fourth-order valence-corrected chi connectivity index (χ4v) is 1.94. The Balaban J connectivity index is 2.48. The van der Waals surface area contributed by atoms with Gasteiger partial charge < -0.3 is 10.5 Å². The molecule has 0 spiro atoms. The van der Waals surface area contributed by atoms with Crippen LogP contribution in [0.15, 0.2) is 34.9 Å². The van der Waals surface area contributed by atoms with Crippen molar-refractivity contribution in [2.24, 2.45) is 0 Å². The number of aryl methyl sites for hydroxylation is 1. The predicted octanol–water partition coefficient (Wildman–Crippen LogP) is 3.40. The van der Waals surface area contributed by atoms with Crippen LogP contribution in [0.5, 0.6) is 11.6 Å². The van der Waals surface area contributed by atoms with Crippen LogP contribution in [0.25, 0.3) is 0 Å². The quantitative estimate of drug-likeness (QED) is 0.863. The van der Waals surface area contributed by atoms with Gasteiger partial charge in [0.05, 0.1) is 10.2 Å². The van der Waals surface area contributed by atoms with Crippen molar-refractivity contribution in [3.63, 3.8) is 0 Å². The number of hydrogen-bond acceptors (Lipinski definition) is 4. The number of anilines is 1. The first-order valence-corrected chi connectivity index (χ1v) is 6.00. The molecule has 0 fully saturated rings. The average Bonchev–Trinajstić information content (AvgIpc) is 2.34. The van der Waals surface area contributed by atoms with Crippen LogP contribution < -0.4 is 10.5 Å². The highest BCUT2D eigenvalue weighted by molar-refractivity contribution is 9.10.